The maximum absolute atomic E-state index is 13.3. The van der Waals surface area contributed by atoms with Crippen LogP contribution >= 0.6 is 0 Å². The van der Waals surface area contributed by atoms with Crippen molar-refractivity contribution < 1.29 is 27.2 Å². The standard InChI is InChI=1S/C10H11FO5S/c1-6(2)10(12)16-7-3-4-9(8(11)5-7)17(13,14)15/h3-5,10,12H,1H2,2H3,(H,13,14,15). The molecule has 0 radical (unpaired) electrons. The van der Waals surface area contributed by atoms with Gasteiger partial charge >= 0.3 is 0 Å². The molecule has 1 unspecified atom stereocenters. The van der Waals surface area contributed by atoms with E-state index in [1.54, 1.807) is 0 Å². The summed E-state index contributed by atoms with van der Waals surface area (Å²) in [6.07, 6.45) is -1.31. The highest BCUT2D eigenvalue weighted by molar-refractivity contribution is 7.85. The Morgan fingerprint density at radius 2 is 2.12 bits per heavy atom. The van der Waals surface area contributed by atoms with Gasteiger partial charge in [0.25, 0.3) is 10.1 Å². The Labute approximate surface area is 97.9 Å². The number of rotatable bonds is 4. The molecule has 0 spiro atoms. The van der Waals surface area contributed by atoms with Crippen LogP contribution in [0.4, 0.5) is 4.39 Å². The average Bonchev–Trinajstić information content (AvgIpc) is 2.15. The Morgan fingerprint density at radius 1 is 1.53 bits per heavy atom. The Morgan fingerprint density at radius 3 is 2.53 bits per heavy atom. The van der Waals surface area contributed by atoms with Crippen molar-refractivity contribution in [3.8, 4) is 5.75 Å². The van der Waals surface area contributed by atoms with Gasteiger partial charge in [0.1, 0.15) is 16.5 Å². The molecule has 1 atom stereocenters. The molecule has 0 amide bonds. The lowest BCUT2D eigenvalue weighted by Gasteiger charge is -2.13. The molecule has 0 aromatic heterocycles. The molecule has 7 heteroatoms. The van der Waals surface area contributed by atoms with Gasteiger partial charge in [-0.3, -0.25) is 4.55 Å². The first kappa shape index (κ1) is 13.6. The van der Waals surface area contributed by atoms with Crippen molar-refractivity contribution in [2.75, 3.05) is 0 Å². The lowest BCUT2D eigenvalue weighted by Crippen LogP contribution is -2.16. The predicted octanol–water partition coefficient (Wildman–Crippen LogP) is 1.35. The van der Waals surface area contributed by atoms with E-state index in [1.807, 2.05) is 0 Å². The van der Waals surface area contributed by atoms with Gasteiger partial charge in [-0.1, -0.05) is 6.58 Å². The van der Waals surface area contributed by atoms with Gasteiger partial charge in [-0.25, -0.2) is 4.39 Å². The van der Waals surface area contributed by atoms with Crippen molar-refractivity contribution in [1.82, 2.24) is 0 Å². The van der Waals surface area contributed by atoms with Gasteiger partial charge in [0.2, 0.25) is 6.29 Å². The van der Waals surface area contributed by atoms with Crippen molar-refractivity contribution in [3.05, 3.63) is 36.2 Å². The third-order valence-electron chi connectivity index (χ3n) is 1.85. The van der Waals surface area contributed by atoms with Crippen LogP contribution in [0, 0.1) is 5.82 Å². The topological polar surface area (TPSA) is 83.8 Å². The summed E-state index contributed by atoms with van der Waals surface area (Å²) in [5.74, 6) is -1.25. The Bertz CT molecular complexity index is 538. The van der Waals surface area contributed by atoms with Crippen LogP contribution in [0.1, 0.15) is 6.92 Å². The van der Waals surface area contributed by atoms with E-state index in [9.17, 15) is 17.9 Å². The number of halogens is 1. The van der Waals surface area contributed by atoms with Gasteiger partial charge in [-0.15, -0.1) is 0 Å². The first-order valence-electron chi connectivity index (χ1n) is 4.49. The van der Waals surface area contributed by atoms with Gasteiger partial charge in [0, 0.05) is 6.07 Å². The van der Waals surface area contributed by atoms with E-state index in [1.165, 1.54) is 6.92 Å². The van der Waals surface area contributed by atoms with E-state index in [0.717, 1.165) is 18.2 Å². The zero-order chi connectivity index (χ0) is 13.2. The number of hydrogen-bond donors (Lipinski definition) is 2. The van der Waals surface area contributed by atoms with Crippen molar-refractivity contribution in [2.24, 2.45) is 0 Å². The number of aliphatic hydroxyl groups is 1. The Balaban J connectivity index is 3.02. The summed E-state index contributed by atoms with van der Waals surface area (Å²) in [7, 11) is -4.61. The Kier molecular flexibility index (Phi) is 3.87. The predicted molar refractivity (Wildman–Crippen MR) is 57.7 cm³/mol. The molecule has 0 saturated carbocycles. The molecular weight excluding hydrogens is 251 g/mol. The second-order valence-electron chi connectivity index (χ2n) is 3.38. The molecule has 1 aromatic carbocycles. The summed E-state index contributed by atoms with van der Waals surface area (Å²) >= 11 is 0. The quantitative estimate of drug-likeness (QED) is 0.486. The molecule has 1 aromatic rings. The van der Waals surface area contributed by atoms with Crippen molar-refractivity contribution in [3.63, 3.8) is 0 Å². The second kappa shape index (κ2) is 4.82. The van der Waals surface area contributed by atoms with Crippen LogP contribution in [-0.2, 0) is 10.1 Å². The molecule has 0 bridgehead atoms. The fourth-order valence-electron chi connectivity index (χ4n) is 0.994. The molecule has 17 heavy (non-hydrogen) atoms. The van der Waals surface area contributed by atoms with Crippen LogP contribution in [0.15, 0.2) is 35.2 Å². The van der Waals surface area contributed by atoms with E-state index in [0.29, 0.717) is 5.57 Å². The van der Waals surface area contributed by atoms with Crippen molar-refractivity contribution in [1.29, 1.82) is 0 Å². The van der Waals surface area contributed by atoms with E-state index >= 15 is 0 Å². The molecule has 94 valence electrons. The van der Waals surface area contributed by atoms with E-state index in [2.05, 4.69) is 6.58 Å². The van der Waals surface area contributed by atoms with Gasteiger partial charge in [-0.2, -0.15) is 8.42 Å². The summed E-state index contributed by atoms with van der Waals surface area (Å²) in [4.78, 5) is -0.852. The van der Waals surface area contributed by atoms with Crippen LogP contribution in [0.25, 0.3) is 0 Å². The van der Waals surface area contributed by atoms with Crippen LogP contribution < -0.4 is 4.74 Å². The number of ether oxygens (including phenoxy) is 1. The van der Waals surface area contributed by atoms with Crippen LogP contribution in [0.2, 0.25) is 0 Å². The first-order valence-corrected chi connectivity index (χ1v) is 5.93. The zero-order valence-electron chi connectivity index (χ0n) is 8.92. The monoisotopic (exact) mass is 262 g/mol. The average molecular weight is 262 g/mol. The summed E-state index contributed by atoms with van der Waals surface area (Å²) < 4.78 is 48.2. The summed E-state index contributed by atoms with van der Waals surface area (Å²) in [6.45, 7) is 4.93. The third-order valence-corrected chi connectivity index (χ3v) is 2.74. The normalized spacial score (nSPS) is 13.2. The lowest BCUT2D eigenvalue weighted by atomic mass is 10.3. The molecule has 2 N–H and O–H groups in total. The van der Waals surface area contributed by atoms with Crippen LogP contribution in [0.3, 0.4) is 0 Å². The second-order valence-corrected chi connectivity index (χ2v) is 4.77. The van der Waals surface area contributed by atoms with Gasteiger partial charge in [0.05, 0.1) is 0 Å². The highest BCUT2D eigenvalue weighted by Gasteiger charge is 2.17. The Hall–Kier alpha value is -1.44. The maximum Gasteiger partial charge on any atom is 0.297 e. The molecule has 5 nitrogen and oxygen atoms in total. The molecule has 0 aliphatic rings. The number of hydrogen-bond acceptors (Lipinski definition) is 4. The zero-order valence-corrected chi connectivity index (χ0v) is 9.74. The maximum atomic E-state index is 13.3. The third kappa shape index (κ3) is 3.52. The molecule has 0 fully saturated rings. The molecule has 0 aliphatic heterocycles. The van der Waals surface area contributed by atoms with Crippen LogP contribution in [0.5, 0.6) is 5.75 Å². The SMILES string of the molecule is C=C(C)C(O)Oc1ccc(S(=O)(=O)O)c(F)c1. The molecular formula is C10H11FO5S. The minimum atomic E-state index is -4.61. The fraction of sp³-hybridized carbons (Fsp3) is 0.200. The van der Waals surface area contributed by atoms with E-state index in [4.69, 9.17) is 9.29 Å². The van der Waals surface area contributed by atoms with Gasteiger partial charge in [0.15, 0.2) is 0 Å². The molecule has 0 heterocycles. The van der Waals surface area contributed by atoms with E-state index < -0.39 is 27.1 Å². The summed E-state index contributed by atoms with van der Waals surface area (Å²) in [5.41, 5.74) is 0.310. The smallest absolute Gasteiger partial charge is 0.297 e. The van der Waals surface area contributed by atoms with Crippen molar-refractivity contribution >= 4 is 10.1 Å². The van der Waals surface area contributed by atoms with Gasteiger partial charge in [-0.05, 0) is 24.6 Å². The van der Waals surface area contributed by atoms with Gasteiger partial charge < -0.3 is 9.84 Å². The molecule has 1 rings (SSSR count). The minimum Gasteiger partial charge on any atom is -0.461 e. The highest BCUT2D eigenvalue weighted by atomic mass is 32.2. The minimum absolute atomic E-state index is 0.0783. The summed E-state index contributed by atoms with van der Waals surface area (Å²) in [5, 5.41) is 9.29. The number of benzene rings is 1. The fourth-order valence-corrected chi connectivity index (χ4v) is 1.54. The largest absolute Gasteiger partial charge is 0.461 e. The van der Waals surface area contributed by atoms with Crippen molar-refractivity contribution in [2.45, 2.75) is 18.1 Å². The van der Waals surface area contributed by atoms with E-state index in [-0.39, 0.29) is 5.75 Å². The number of aliphatic hydroxyl groups excluding tert-OH is 1. The molecule has 0 aliphatic carbocycles. The van der Waals surface area contributed by atoms with Crippen LogP contribution in [-0.4, -0.2) is 24.4 Å². The lowest BCUT2D eigenvalue weighted by molar-refractivity contribution is 0.0148. The molecule has 0 saturated heterocycles. The highest BCUT2D eigenvalue weighted by Crippen LogP contribution is 2.21. The first-order chi connectivity index (χ1) is 7.71. The summed E-state index contributed by atoms with van der Waals surface area (Å²) in [6, 6.07) is 2.69.